The van der Waals surface area contributed by atoms with E-state index in [1.807, 2.05) is 0 Å². The fraction of sp³-hybridized carbons (Fsp3) is 0.474. The predicted octanol–water partition coefficient (Wildman–Crippen LogP) is 3.73. The lowest BCUT2D eigenvalue weighted by molar-refractivity contribution is -0.192. The average Bonchev–Trinajstić information content (AvgIpc) is 3.41. The van der Waals surface area contributed by atoms with Crippen molar-refractivity contribution in [2.75, 3.05) is 19.7 Å². The summed E-state index contributed by atoms with van der Waals surface area (Å²) in [5.74, 6) is -3.10. The Labute approximate surface area is 174 Å². The maximum Gasteiger partial charge on any atom is 0.490 e. The van der Waals surface area contributed by atoms with Crippen molar-refractivity contribution in [2.45, 2.75) is 37.3 Å². The van der Waals surface area contributed by atoms with Gasteiger partial charge in [-0.05, 0) is 40.9 Å². The first-order valence-electron chi connectivity index (χ1n) is 9.11. The minimum atomic E-state index is -5.08. The van der Waals surface area contributed by atoms with Crippen LogP contribution in [0.2, 0.25) is 0 Å². The third-order valence-electron chi connectivity index (χ3n) is 4.80. The normalized spacial score (nSPS) is 23.9. The number of carboxylic acid groups (broad SMARTS) is 1. The van der Waals surface area contributed by atoms with Crippen LogP contribution in [0, 0.1) is 5.82 Å². The molecule has 2 aliphatic heterocycles. The highest BCUT2D eigenvalue weighted by molar-refractivity contribution is 7.07. The molecule has 2 aliphatic rings. The molecule has 1 N–H and O–H groups in total. The lowest BCUT2D eigenvalue weighted by atomic mass is 9.98. The molecule has 0 radical (unpaired) electrons. The zero-order valence-electron chi connectivity index (χ0n) is 15.8. The number of rotatable bonds is 4. The molecule has 4 heterocycles. The number of aliphatic carboxylic acids is 1. The summed E-state index contributed by atoms with van der Waals surface area (Å²) < 4.78 is 57.2. The van der Waals surface area contributed by atoms with Crippen LogP contribution in [0.15, 0.2) is 35.2 Å². The number of pyridine rings is 1. The highest BCUT2D eigenvalue weighted by Gasteiger charge is 2.46. The molecule has 4 rings (SSSR count). The van der Waals surface area contributed by atoms with Crippen molar-refractivity contribution in [3.63, 3.8) is 0 Å². The zero-order valence-corrected chi connectivity index (χ0v) is 16.6. The maximum absolute atomic E-state index is 13.6. The number of thiophene rings is 1. The minimum absolute atomic E-state index is 0.0753. The van der Waals surface area contributed by atoms with E-state index in [1.54, 1.807) is 23.6 Å². The first-order valence-corrected chi connectivity index (χ1v) is 10.1. The van der Waals surface area contributed by atoms with E-state index in [0.29, 0.717) is 6.61 Å². The standard InChI is InChI=1S/C17H19FN2O2S.C2HF3O2/c18-15-2-1-5-19-16(15)22-14-8-17(21-10-14)4-6-20(12-17)9-13-3-7-23-11-13;3-2(4,5)1(6)7/h1-3,5,7,11,14H,4,6,8-10,12H2;(H,6,7)/t14-,17+;/m1./s1. The van der Waals surface area contributed by atoms with Crippen molar-refractivity contribution < 1.29 is 36.9 Å². The van der Waals surface area contributed by atoms with Crippen LogP contribution in [0.25, 0.3) is 0 Å². The third kappa shape index (κ3) is 5.89. The van der Waals surface area contributed by atoms with Gasteiger partial charge in [0.2, 0.25) is 0 Å². The molecular weight excluding hydrogens is 428 g/mol. The fourth-order valence-electron chi connectivity index (χ4n) is 3.48. The van der Waals surface area contributed by atoms with Gasteiger partial charge in [-0.3, -0.25) is 4.90 Å². The quantitative estimate of drug-likeness (QED) is 0.719. The summed E-state index contributed by atoms with van der Waals surface area (Å²) in [5, 5.41) is 11.4. The number of hydrogen-bond acceptors (Lipinski definition) is 6. The second kappa shape index (κ2) is 9.27. The van der Waals surface area contributed by atoms with Gasteiger partial charge in [0, 0.05) is 32.3 Å². The molecule has 0 saturated carbocycles. The van der Waals surface area contributed by atoms with Crippen LogP contribution in [0.4, 0.5) is 17.6 Å². The predicted molar refractivity (Wildman–Crippen MR) is 99.8 cm³/mol. The SMILES string of the molecule is Fc1cccnc1O[C@H]1CO[C@@]2(CCN(Cc3ccsc3)C2)C1.O=C(O)C(F)(F)F. The van der Waals surface area contributed by atoms with E-state index >= 15 is 0 Å². The Morgan fingerprint density at radius 2 is 2.20 bits per heavy atom. The molecule has 164 valence electrons. The molecule has 1 spiro atoms. The van der Waals surface area contributed by atoms with E-state index in [2.05, 4.69) is 26.7 Å². The Hall–Kier alpha value is -2.24. The molecule has 2 atom stereocenters. The summed E-state index contributed by atoms with van der Waals surface area (Å²) in [6, 6.07) is 5.10. The molecule has 30 heavy (non-hydrogen) atoms. The number of carbonyl (C=O) groups is 1. The number of hydrogen-bond donors (Lipinski definition) is 1. The molecule has 0 aliphatic carbocycles. The summed E-state index contributed by atoms with van der Waals surface area (Å²) in [5.41, 5.74) is 1.21. The van der Waals surface area contributed by atoms with Gasteiger partial charge >= 0.3 is 12.1 Å². The highest BCUT2D eigenvalue weighted by Crippen LogP contribution is 2.37. The van der Waals surface area contributed by atoms with E-state index in [1.165, 1.54) is 11.6 Å². The highest BCUT2D eigenvalue weighted by atomic mass is 32.1. The number of likely N-dealkylation sites (tertiary alicyclic amines) is 1. The largest absolute Gasteiger partial charge is 0.490 e. The van der Waals surface area contributed by atoms with E-state index in [0.717, 1.165) is 32.5 Å². The molecule has 2 aromatic rings. The first-order chi connectivity index (χ1) is 14.2. The molecule has 0 unspecified atom stereocenters. The van der Waals surface area contributed by atoms with E-state index < -0.39 is 18.0 Å². The lowest BCUT2D eigenvalue weighted by Gasteiger charge is -2.23. The second-order valence-electron chi connectivity index (χ2n) is 7.12. The Kier molecular flexibility index (Phi) is 6.94. The van der Waals surface area contributed by atoms with Crippen LogP contribution >= 0.6 is 11.3 Å². The van der Waals surface area contributed by atoms with E-state index in [9.17, 15) is 17.6 Å². The number of nitrogens with zero attached hydrogens (tertiary/aromatic N) is 2. The summed E-state index contributed by atoms with van der Waals surface area (Å²) in [6.45, 7) is 3.41. The van der Waals surface area contributed by atoms with Crippen LogP contribution in [0.3, 0.4) is 0 Å². The molecule has 0 aromatic carbocycles. The number of halogens is 4. The summed E-state index contributed by atoms with van der Waals surface area (Å²) in [6.07, 6.45) is -1.87. The van der Waals surface area contributed by atoms with Gasteiger partial charge in [-0.2, -0.15) is 24.5 Å². The van der Waals surface area contributed by atoms with E-state index in [-0.39, 0.29) is 17.6 Å². The molecule has 2 aromatic heterocycles. The minimum Gasteiger partial charge on any atom is -0.475 e. The Balaban J connectivity index is 0.000000318. The molecular formula is C19H20F4N2O4S. The van der Waals surface area contributed by atoms with E-state index in [4.69, 9.17) is 19.4 Å². The van der Waals surface area contributed by atoms with Crippen molar-refractivity contribution in [1.29, 1.82) is 0 Å². The fourth-order valence-corrected chi connectivity index (χ4v) is 4.14. The van der Waals surface area contributed by atoms with Gasteiger partial charge in [0.15, 0.2) is 5.82 Å². The number of carboxylic acids is 1. The van der Waals surface area contributed by atoms with Gasteiger partial charge in [-0.1, -0.05) is 0 Å². The molecule has 0 bridgehead atoms. The average molecular weight is 448 g/mol. The third-order valence-corrected chi connectivity index (χ3v) is 5.53. The monoisotopic (exact) mass is 448 g/mol. The molecule has 2 fully saturated rings. The van der Waals surface area contributed by atoms with Gasteiger partial charge in [0.1, 0.15) is 6.10 Å². The van der Waals surface area contributed by atoms with Crippen LogP contribution in [-0.4, -0.2) is 58.5 Å². The molecule has 2 saturated heterocycles. The molecule has 11 heteroatoms. The smallest absolute Gasteiger partial charge is 0.475 e. The molecule has 0 amide bonds. The Morgan fingerprint density at radius 3 is 2.83 bits per heavy atom. The van der Waals surface area contributed by atoms with Crippen molar-refractivity contribution in [2.24, 2.45) is 0 Å². The zero-order chi connectivity index (χ0) is 21.8. The van der Waals surface area contributed by atoms with Crippen molar-refractivity contribution in [3.05, 3.63) is 46.5 Å². The van der Waals surface area contributed by atoms with Gasteiger partial charge < -0.3 is 14.6 Å². The van der Waals surface area contributed by atoms with Crippen molar-refractivity contribution >= 4 is 17.3 Å². The maximum atomic E-state index is 13.6. The Bertz CT molecular complexity index is 849. The molecule has 6 nitrogen and oxygen atoms in total. The Morgan fingerprint density at radius 1 is 1.43 bits per heavy atom. The van der Waals surface area contributed by atoms with Gasteiger partial charge in [0.25, 0.3) is 5.88 Å². The number of aromatic nitrogens is 1. The topological polar surface area (TPSA) is 71.9 Å². The van der Waals surface area contributed by atoms with Crippen molar-refractivity contribution in [3.8, 4) is 5.88 Å². The van der Waals surface area contributed by atoms with Gasteiger partial charge in [-0.25, -0.2) is 14.2 Å². The lowest BCUT2D eigenvalue weighted by Crippen LogP contribution is -2.33. The van der Waals surface area contributed by atoms with Gasteiger partial charge in [0.05, 0.1) is 12.2 Å². The number of ether oxygens (including phenoxy) is 2. The van der Waals surface area contributed by atoms with Crippen LogP contribution in [-0.2, 0) is 16.1 Å². The summed E-state index contributed by atoms with van der Waals surface area (Å²) >= 11 is 1.73. The number of alkyl halides is 3. The van der Waals surface area contributed by atoms with Crippen molar-refractivity contribution in [1.82, 2.24) is 9.88 Å². The van der Waals surface area contributed by atoms with Crippen LogP contribution in [0.5, 0.6) is 5.88 Å². The van der Waals surface area contributed by atoms with Crippen LogP contribution in [0.1, 0.15) is 18.4 Å². The first kappa shape index (κ1) is 22.4. The van der Waals surface area contributed by atoms with Crippen LogP contribution < -0.4 is 4.74 Å². The summed E-state index contributed by atoms with van der Waals surface area (Å²) in [4.78, 5) is 15.3. The summed E-state index contributed by atoms with van der Waals surface area (Å²) in [7, 11) is 0. The second-order valence-corrected chi connectivity index (χ2v) is 7.90. The van der Waals surface area contributed by atoms with Gasteiger partial charge in [-0.15, -0.1) is 0 Å².